The summed E-state index contributed by atoms with van der Waals surface area (Å²) in [7, 11) is 0. The molecule has 88 valence electrons. The topological polar surface area (TPSA) is 61.3 Å². The zero-order chi connectivity index (χ0) is 12.3. The Kier molecular flexibility index (Phi) is 3.18. The summed E-state index contributed by atoms with van der Waals surface area (Å²) >= 11 is 0. The predicted molar refractivity (Wildman–Crippen MR) is 62.0 cm³/mol. The largest absolute Gasteiger partial charge is 0.490 e. The van der Waals surface area contributed by atoms with Crippen molar-refractivity contribution in [1.82, 2.24) is 9.97 Å². The first kappa shape index (κ1) is 11.3. The van der Waals surface area contributed by atoms with E-state index in [2.05, 4.69) is 9.97 Å². The Hall–Kier alpha value is -2.17. The number of esters is 1. The van der Waals surface area contributed by atoms with Crippen LogP contribution in [0.2, 0.25) is 0 Å². The average molecular weight is 232 g/mol. The van der Waals surface area contributed by atoms with E-state index in [-0.39, 0.29) is 5.97 Å². The number of fused-ring (bicyclic) bond motifs is 1. The van der Waals surface area contributed by atoms with Gasteiger partial charge in [-0.1, -0.05) is 0 Å². The molecule has 0 saturated heterocycles. The van der Waals surface area contributed by atoms with E-state index < -0.39 is 0 Å². The highest BCUT2D eigenvalue weighted by Gasteiger charge is 2.10. The lowest BCUT2D eigenvalue weighted by molar-refractivity contribution is -0.132. The third-order valence-corrected chi connectivity index (χ3v) is 2.12. The van der Waals surface area contributed by atoms with Crippen molar-refractivity contribution in [3.8, 4) is 11.5 Å². The standard InChI is InChI=1S/C12H12N2O3/c1-3-16-11-5-10-9(6-13-7-14-10)4-12(11)17-8(2)15/h4-7H,3H2,1-2H3. The molecule has 0 bridgehead atoms. The number of nitrogens with zero attached hydrogens (tertiary/aromatic N) is 2. The van der Waals surface area contributed by atoms with Crippen LogP contribution in [-0.2, 0) is 4.79 Å². The van der Waals surface area contributed by atoms with Gasteiger partial charge in [-0.2, -0.15) is 0 Å². The van der Waals surface area contributed by atoms with Crippen molar-refractivity contribution in [3.63, 3.8) is 0 Å². The number of hydrogen-bond acceptors (Lipinski definition) is 5. The SMILES string of the molecule is CCOc1cc2ncncc2cc1OC(C)=O. The number of carbonyl (C=O) groups is 1. The third-order valence-electron chi connectivity index (χ3n) is 2.12. The fourth-order valence-electron chi connectivity index (χ4n) is 1.49. The van der Waals surface area contributed by atoms with Gasteiger partial charge in [0.1, 0.15) is 6.33 Å². The fourth-order valence-corrected chi connectivity index (χ4v) is 1.49. The lowest BCUT2D eigenvalue weighted by Gasteiger charge is -2.10. The highest BCUT2D eigenvalue weighted by atomic mass is 16.6. The Balaban J connectivity index is 2.53. The lowest BCUT2D eigenvalue weighted by atomic mass is 10.2. The summed E-state index contributed by atoms with van der Waals surface area (Å²) < 4.78 is 10.5. The molecule has 0 N–H and O–H groups in total. The van der Waals surface area contributed by atoms with Gasteiger partial charge in [-0.15, -0.1) is 0 Å². The van der Waals surface area contributed by atoms with Crippen LogP contribution in [0.4, 0.5) is 0 Å². The number of ether oxygens (including phenoxy) is 2. The zero-order valence-electron chi connectivity index (χ0n) is 9.64. The normalized spacial score (nSPS) is 10.2. The molecule has 5 heteroatoms. The van der Waals surface area contributed by atoms with Crippen LogP contribution in [0.25, 0.3) is 10.9 Å². The Morgan fingerprint density at radius 2 is 2.18 bits per heavy atom. The van der Waals surface area contributed by atoms with E-state index in [9.17, 15) is 4.79 Å². The highest BCUT2D eigenvalue weighted by Crippen LogP contribution is 2.31. The minimum Gasteiger partial charge on any atom is -0.490 e. The summed E-state index contributed by atoms with van der Waals surface area (Å²) in [5, 5.41) is 0.798. The van der Waals surface area contributed by atoms with Gasteiger partial charge in [-0.25, -0.2) is 9.97 Å². The molecule has 5 nitrogen and oxygen atoms in total. The predicted octanol–water partition coefficient (Wildman–Crippen LogP) is 1.95. The van der Waals surface area contributed by atoms with Gasteiger partial charge in [0.2, 0.25) is 0 Å². The quantitative estimate of drug-likeness (QED) is 0.598. The van der Waals surface area contributed by atoms with Crippen LogP contribution in [0.1, 0.15) is 13.8 Å². The van der Waals surface area contributed by atoms with Gasteiger partial charge in [-0.05, 0) is 13.0 Å². The Morgan fingerprint density at radius 3 is 2.88 bits per heavy atom. The van der Waals surface area contributed by atoms with Crippen molar-refractivity contribution in [2.24, 2.45) is 0 Å². The fraction of sp³-hybridized carbons (Fsp3) is 0.250. The molecule has 2 aromatic rings. The first-order valence-electron chi connectivity index (χ1n) is 5.25. The summed E-state index contributed by atoms with van der Waals surface area (Å²) in [6.07, 6.45) is 3.12. The van der Waals surface area contributed by atoms with Crippen LogP contribution < -0.4 is 9.47 Å². The van der Waals surface area contributed by atoms with Crippen LogP contribution in [0.15, 0.2) is 24.7 Å². The van der Waals surface area contributed by atoms with Crippen LogP contribution in [0.3, 0.4) is 0 Å². The molecule has 1 aromatic heterocycles. The average Bonchev–Trinajstić information content (AvgIpc) is 2.29. The van der Waals surface area contributed by atoms with Crippen LogP contribution in [0, 0.1) is 0 Å². The number of carbonyl (C=O) groups excluding carboxylic acids is 1. The van der Waals surface area contributed by atoms with Crippen LogP contribution in [-0.4, -0.2) is 22.5 Å². The van der Waals surface area contributed by atoms with E-state index in [1.807, 2.05) is 6.92 Å². The van der Waals surface area contributed by atoms with Crippen LogP contribution >= 0.6 is 0 Å². The molecule has 2 rings (SSSR count). The van der Waals surface area contributed by atoms with E-state index in [0.29, 0.717) is 18.1 Å². The van der Waals surface area contributed by atoms with Gasteiger partial charge in [0.25, 0.3) is 0 Å². The summed E-state index contributed by atoms with van der Waals surface area (Å²) in [6, 6.07) is 3.43. The van der Waals surface area contributed by atoms with Crippen molar-refractivity contribution in [2.45, 2.75) is 13.8 Å². The summed E-state index contributed by atoms with van der Waals surface area (Å²) in [5.74, 6) is 0.512. The van der Waals surface area contributed by atoms with E-state index >= 15 is 0 Å². The second-order valence-corrected chi connectivity index (χ2v) is 3.41. The van der Waals surface area contributed by atoms with Crippen molar-refractivity contribution in [2.75, 3.05) is 6.61 Å². The summed E-state index contributed by atoms with van der Waals surface area (Å²) in [4.78, 5) is 19.0. The van der Waals surface area contributed by atoms with Crippen molar-refractivity contribution in [3.05, 3.63) is 24.7 Å². The lowest BCUT2D eigenvalue weighted by Crippen LogP contribution is -2.04. The maximum absolute atomic E-state index is 11.0. The Labute approximate surface area is 98.4 Å². The molecule has 0 atom stereocenters. The Morgan fingerprint density at radius 1 is 1.35 bits per heavy atom. The van der Waals surface area contributed by atoms with E-state index in [0.717, 1.165) is 10.9 Å². The molecule has 0 aliphatic carbocycles. The monoisotopic (exact) mass is 232 g/mol. The zero-order valence-corrected chi connectivity index (χ0v) is 9.64. The van der Waals surface area contributed by atoms with Gasteiger partial charge in [0, 0.05) is 24.6 Å². The maximum Gasteiger partial charge on any atom is 0.308 e. The molecule has 0 radical (unpaired) electrons. The molecule has 17 heavy (non-hydrogen) atoms. The van der Waals surface area contributed by atoms with Gasteiger partial charge >= 0.3 is 5.97 Å². The molecule has 0 aliphatic heterocycles. The second-order valence-electron chi connectivity index (χ2n) is 3.41. The molecular weight excluding hydrogens is 220 g/mol. The molecule has 0 unspecified atom stereocenters. The van der Waals surface area contributed by atoms with E-state index in [1.54, 1.807) is 18.3 Å². The van der Waals surface area contributed by atoms with Gasteiger partial charge in [0.15, 0.2) is 11.5 Å². The first-order valence-corrected chi connectivity index (χ1v) is 5.25. The maximum atomic E-state index is 11.0. The molecule has 0 spiro atoms. The molecular formula is C12H12N2O3. The Bertz CT molecular complexity index is 554. The molecule has 0 amide bonds. The van der Waals surface area contributed by atoms with Crippen molar-refractivity contribution >= 4 is 16.9 Å². The second kappa shape index (κ2) is 4.78. The summed E-state index contributed by atoms with van der Waals surface area (Å²) in [5.41, 5.74) is 0.749. The molecule has 0 fully saturated rings. The summed E-state index contributed by atoms with van der Waals surface area (Å²) in [6.45, 7) is 3.70. The number of aromatic nitrogens is 2. The van der Waals surface area contributed by atoms with Gasteiger partial charge in [-0.3, -0.25) is 4.79 Å². The number of benzene rings is 1. The smallest absolute Gasteiger partial charge is 0.308 e. The van der Waals surface area contributed by atoms with E-state index in [4.69, 9.17) is 9.47 Å². The third kappa shape index (κ3) is 2.50. The number of rotatable bonds is 3. The highest BCUT2D eigenvalue weighted by molar-refractivity contribution is 5.83. The molecule has 0 saturated carbocycles. The number of hydrogen-bond donors (Lipinski definition) is 0. The first-order chi connectivity index (χ1) is 8.20. The van der Waals surface area contributed by atoms with Crippen LogP contribution in [0.5, 0.6) is 11.5 Å². The van der Waals surface area contributed by atoms with Crippen molar-refractivity contribution in [1.29, 1.82) is 0 Å². The minimum absolute atomic E-state index is 0.387. The minimum atomic E-state index is -0.387. The van der Waals surface area contributed by atoms with Gasteiger partial charge < -0.3 is 9.47 Å². The molecule has 0 aliphatic rings. The molecule has 1 aromatic carbocycles. The van der Waals surface area contributed by atoms with Crippen molar-refractivity contribution < 1.29 is 14.3 Å². The van der Waals surface area contributed by atoms with Gasteiger partial charge in [0.05, 0.1) is 12.1 Å². The van der Waals surface area contributed by atoms with E-state index in [1.165, 1.54) is 13.3 Å². The molecule has 1 heterocycles.